The van der Waals surface area contributed by atoms with Crippen LogP contribution in [0.15, 0.2) is 20.1 Å². The van der Waals surface area contributed by atoms with Gasteiger partial charge in [0.05, 0.1) is 3.79 Å². The van der Waals surface area contributed by atoms with Crippen molar-refractivity contribution in [1.82, 2.24) is 4.72 Å². The number of carboxylic acid groups (broad SMARTS) is 1. The third-order valence-electron chi connectivity index (χ3n) is 1.96. The molecule has 1 aromatic heterocycles. The zero-order valence-electron chi connectivity index (χ0n) is 9.01. The highest BCUT2D eigenvalue weighted by molar-refractivity contribution is 9.11. The Hall–Kier alpha value is -0.440. The highest BCUT2D eigenvalue weighted by atomic mass is 79.9. The first-order chi connectivity index (χ1) is 7.81. The van der Waals surface area contributed by atoms with Crippen LogP contribution < -0.4 is 4.72 Å². The minimum absolute atomic E-state index is 0.0577. The molecule has 96 valence electrons. The number of rotatable bonds is 6. The Morgan fingerprint density at radius 1 is 1.59 bits per heavy atom. The van der Waals surface area contributed by atoms with E-state index in [1.165, 1.54) is 6.07 Å². The third kappa shape index (κ3) is 4.74. The van der Waals surface area contributed by atoms with E-state index in [2.05, 4.69) is 20.7 Å². The number of hydrogen-bond acceptors (Lipinski definition) is 4. The van der Waals surface area contributed by atoms with Crippen molar-refractivity contribution in [2.24, 2.45) is 0 Å². The minimum atomic E-state index is -3.54. The van der Waals surface area contributed by atoms with Gasteiger partial charge in [-0.05, 0) is 41.4 Å². The minimum Gasteiger partial charge on any atom is -0.481 e. The lowest BCUT2D eigenvalue weighted by Crippen LogP contribution is -2.32. The van der Waals surface area contributed by atoms with Gasteiger partial charge in [-0.3, -0.25) is 4.79 Å². The van der Waals surface area contributed by atoms with Crippen LogP contribution >= 0.6 is 27.3 Å². The van der Waals surface area contributed by atoms with Gasteiger partial charge in [0.1, 0.15) is 4.21 Å². The SMILES string of the molecule is CC(CCC(=O)O)NS(=O)(=O)c1ccc(Br)s1. The van der Waals surface area contributed by atoms with Gasteiger partial charge >= 0.3 is 5.97 Å². The number of hydrogen-bond donors (Lipinski definition) is 2. The second-order valence-electron chi connectivity index (χ2n) is 3.51. The number of halogens is 1. The number of aliphatic carboxylic acids is 1. The molecule has 0 amide bonds. The van der Waals surface area contributed by atoms with Gasteiger partial charge < -0.3 is 5.11 Å². The highest BCUT2D eigenvalue weighted by Crippen LogP contribution is 2.26. The van der Waals surface area contributed by atoms with E-state index in [0.29, 0.717) is 0 Å². The largest absolute Gasteiger partial charge is 0.481 e. The number of thiophene rings is 1. The maximum atomic E-state index is 11.8. The molecule has 1 unspecified atom stereocenters. The lowest BCUT2D eigenvalue weighted by Gasteiger charge is -2.11. The normalized spacial score (nSPS) is 13.5. The van der Waals surface area contributed by atoms with E-state index in [0.717, 1.165) is 15.1 Å². The van der Waals surface area contributed by atoms with Crippen LogP contribution in [0.5, 0.6) is 0 Å². The average molecular weight is 342 g/mol. The smallest absolute Gasteiger partial charge is 0.303 e. The van der Waals surface area contributed by atoms with Crippen LogP contribution in [0.4, 0.5) is 0 Å². The first kappa shape index (κ1) is 14.6. The van der Waals surface area contributed by atoms with Crippen molar-refractivity contribution in [3.05, 3.63) is 15.9 Å². The van der Waals surface area contributed by atoms with Gasteiger partial charge in [-0.2, -0.15) is 0 Å². The molecule has 0 bridgehead atoms. The van der Waals surface area contributed by atoms with Crippen LogP contribution in [0, 0.1) is 0 Å². The molecule has 0 aliphatic heterocycles. The van der Waals surface area contributed by atoms with Crippen LogP contribution in [-0.4, -0.2) is 25.5 Å². The molecule has 0 spiro atoms. The second-order valence-corrected chi connectivity index (χ2v) is 7.92. The molecule has 1 atom stereocenters. The van der Waals surface area contributed by atoms with Crippen molar-refractivity contribution in [2.75, 3.05) is 0 Å². The Balaban J connectivity index is 2.64. The van der Waals surface area contributed by atoms with Gasteiger partial charge in [-0.25, -0.2) is 13.1 Å². The van der Waals surface area contributed by atoms with Crippen LogP contribution in [0.1, 0.15) is 19.8 Å². The lowest BCUT2D eigenvalue weighted by molar-refractivity contribution is -0.137. The molecule has 0 aromatic carbocycles. The van der Waals surface area contributed by atoms with Gasteiger partial charge in [0.2, 0.25) is 10.0 Å². The molecule has 1 heterocycles. The summed E-state index contributed by atoms with van der Waals surface area (Å²) in [6.07, 6.45) is 0.207. The summed E-state index contributed by atoms with van der Waals surface area (Å²) in [4.78, 5) is 10.4. The summed E-state index contributed by atoms with van der Waals surface area (Å²) in [7, 11) is -3.54. The lowest BCUT2D eigenvalue weighted by atomic mass is 10.2. The van der Waals surface area contributed by atoms with E-state index in [4.69, 9.17) is 5.11 Å². The van der Waals surface area contributed by atoms with E-state index < -0.39 is 22.0 Å². The summed E-state index contributed by atoms with van der Waals surface area (Å²) in [5.41, 5.74) is 0. The van der Waals surface area contributed by atoms with E-state index >= 15 is 0 Å². The Bertz CT molecular complexity index is 497. The number of nitrogens with one attached hydrogen (secondary N) is 1. The molecule has 0 saturated heterocycles. The van der Waals surface area contributed by atoms with Crippen LogP contribution in [0.3, 0.4) is 0 Å². The molecule has 0 saturated carbocycles. The summed E-state index contributed by atoms with van der Waals surface area (Å²) in [6.45, 7) is 1.64. The Morgan fingerprint density at radius 3 is 2.71 bits per heavy atom. The Morgan fingerprint density at radius 2 is 2.24 bits per heavy atom. The number of carbonyl (C=O) groups is 1. The molecule has 0 radical (unpaired) electrons. The van der Waals surface area contributed by atoms with Crippen LogP contribution in [0.25, 0.3) is 0 Å². The molecule has 0 aliphatic rings. The molecule has 17 heavy (non-hydrogen) atoms. The first-order valence-electron chi connectivity index (χ1n) is 4.81. The molecule has 2 N–H and O–H groups in total. The topological polar surface area (TPSA) is 83.5 Å². The van der Waals surface area contributed by atoms with E-state index in [1.807, 2.05) is 0 Å². The number of sulfonamides is 1. The molecule has 1 aromatic rings. The highest BCUT2D eigenvalue weighted by Gasteiger charge is 2.19. The molecular formula is C9H12BrNO4S2. The summed E-state index contributed by atoms with van der Waals surface area (Å²) >= 11 is 4.30. The quantitative estimate of drug-likeness (QED) is 0.829. The van der Waals surface area contributed by atoms with Crippen molar-refractivity contribution in [1.29, 1.82) is 0 Å². The standard InChI is InChI=1S/C9H12BrNO4S2/c1-6(2-4-8(12)13)11-17(14,15)9-5-3-7(10)16-9/h3,5-6,11H,2,4H2,1H3,(H,12,13). The average Bonchev–Trinajstić information content (AvgIpc) is 2.62. The fourth-order valence-corrected chi connectivity index (χ4v) is 4.47. The Labute approximate surface area is 112 Å². The summed E-state index contributed by atoms with van der Waals surface area (Å²) in [5, 5.41) is 8.50. The molecule has 5 nitrogen and oxygen atoms in total. The van der Waals surface area contributed by atoms with Crippen molar-refractivity contribution in [2.45, 2.75) is 30.0 Å². The monoisotopic (exact) mass is 341 g/mol. The second kappa shape index (κ2) is 5.94. The molecular weight excluding hydrogens is 330 g/mol. The predicted molar refractivity (Wildman–Crippen MR) is 68.7 cm³/mol. The Kier molecular flexibility index (Phi) is 5.11. The fourth-order valence-electron chi connectivity index (χ4n) is 1.16. The summed E-state index contributed by atoms with van der Waals surface area (Å²) in [5.74, 6) is -0.935. The van der Waals surface area contributed by atoms with E-state index in [-0.39, 0.29) is 17.1 Å². The van der Waals surface area contributed by atoms with Crippen molar-refractivity contribution < 1.29 is 18.3 Å². The van der Waals surface area contributed by atoms with Gasteiger partial charge in [-0.1, -0.05) is 0 Å². The third-order valence-corrected chi connectivity index (χ3v) is 5.67. The molecule has 1 rings (SSSR count). The summed E-state index contributed by atoms with van der Waals surface area (Å²) < 4.78 is 27.0. The van der Waals surface area contributed by atoms with Crippen molar-refractivity contribution in [3.63, 3.8) is 0 Å². The van der Waals surface area contributed by atoms with Crippen molar-refractivity contribution in [3.8, 4) is 0 Å². The zero-order valence-corrected chi connectivity index (χ0v) is 12.2. The fraction of sp³-hybridized carbons (Fsp3) is 0.444. The van der Waals surface area contributed by atoms with E-state index in [9.17, 15) is 13.2 Å². The maximum Gasteiger partial charge on any atom is 0.303 e. The predicted octanol–water partition coefficient (Wildman–Crippen LogP) is 2.04. The molecule has 8 heteroatoms. The van der Waals surface area contributed by atoms with E-state index in [1.54, 1.807) is 13.0 Å². The zero-order chi connectivity index (χ0) is 13.1. The summed E-state index contributed by atoms with van der Waals surface area (Å²) in [6, 6.07) is 2.75. The molecule has 0 aliphatic carbocycles. The van der Waals surface area contributed by atoms with Crippen LogP contribution in [0.2, 0.25) is 0 Å². The van der Waals surface area contributed by atoms with Crippen molar-refractivity contribution >= 4 is 43.3 Å². The molecule has 0 fully saturated rings. The van der Waals surface area contributed by atoms with Gasteiger partial charge in [-0.15, -0.1) is 11.3 Å². The number of carboxylic acids is 1. The van der Waals surface area contributed by atoms with Crippen LogP contribution in [-0.2, 0) is 14.8 Å². The van der Waals surface area contributed by atoms with Gasteiger partial charge in [0, 0.05) is 12.5 Å². The first-order valence-corrected chi connectivity index (χ1v) is 7.90. The maximum absolute atomic E-state index is 11.8. The van der Waals surface area contributed by atoms with Gasteiger partial charge in [0.25, 0.3) is 0 Å². The van der Waals surface area contributed by atoms with Gasteiger partial charge in [0.15, 0.2) is 0 Å².